The molecule has 0 radical (unpaired) electrons. The van der Waals surface area contributed by atoms with Crippen molar-refractivity contribution in [2.45, 2.75) is 13.0 Å². The Bertz CT molecular complexity index is 1120. The molecular weight excluding hydrogens is 419 g/mol. The first kappa shape index (κ1) is 18.4. The molecule has 0 aliphatic rings. The summed E-state index contributed by atoms with van der Waals surface area (Å²) in [6.45, 7) is 0.620. The first-order valence-electron chi connectivity index (χ1n) is 8.95. The molecule has 1 heterocycles. The normalized spacial score (nSPS) is 10.9. The Labute approximate surface area is 170 Å². The van der Waals surface area contributed by atoms with Crippen molar-refractivity contribution in [3.63, 3.8) is 0 Å². The molecule has 4 aromatic rings. The minimum absolute atomic E-state index is 0.0630. The Morgan fingerprint density at radius 3 is 2.43 bits per heavy atom. The molecule has 0 bridgehead atoms. The minimum atomic E-state index is -0.244. The maximum atomic E-state index is 13.2. The van der Waals surface area contributed by atoms with E-state index in [9.17, 15) is 9.18 Å². The van der Waals surface area contributed by atoms with E-state index in [2.05, 4.69) is 25.8 Å². The maximum absolute atomic E-state index is 13.2. The summed E-state index contributed by atoms with van der Waals surface area (Å²) in [6.07, 6.45) is 2.29. The summed E-state index contributed by atoms with van der Waals surface area (Å²) in [5.74, 6) is -0.307. The van der Waals surface area contributed by atoms with Crippen LogP contribution in [0.15, 0.2) is 83.5 Å². The maximum Gasteiger partial charge on any atom is 0.228 e. The number of fused-ring (bicyclic) bond motifs is 1. The Morgan fingerprint density at radius 2 is 1.68 bits per heavy atom. The molecule has 0 unspecified atom stereocenters. The van der Waals surface area contributed by atoms with Crippen molar-refractivity contribution in [1.29, 1.82) is 0 Å². The monoisotopic (exact) mass is 436 g/mol. The van der Waals surface area contributed by atoms with Crippen LogP contribution >= 0.6 is 15.9 Å². The lowest BCUT2D eigenvalue weighted by atomic mass is 10.1. The third-order valence-electron chi connectivity index (χ3n) is 4.62. The van der Waals surface area contributed by atoms with Crippen LogP contribution in [0.25, 0.3) is 10.9 Å². The van der Waals surface area contributed by atoms with Crippen LogP contribution in [0.3, 0.4) is 0 Å². The van der Waals surface area contributed by atoms with E-state index in [4.69, 9.17) is 0 Å². The number of hydrogen-bond donors (Lipinski definition) is 1. The van der Waals surface area contributed by atoms with Crippen molar-refractivity contribution in [3.8, 4) is 0 Å². The topological polar surface area (TPSA) is 34.0 Å². The van der Waals surface area contributed by atoms with Crippen LogP contribution in [-0.2, 0) is 17.8 Å². The molecule has 28 heavy (non-hydrogen) atoms. The van der Waals surface area contributed by atoms with Gasteiger partial charge in [-0.15, -0.1) is 0 Å². The van der Waals surface area contributed by atoms with Gasteiger partial charge in [-0.1, -0.05) is 46.3 Å². The average molecular weight is 437 g/mol. The Balaban J connectivity index is 1.57. The smallest absolute Gasteiger partial charge is 0.228 e. The number of nitrogens with one attached hydrogen (secondary N) is 1. The van der Waals surface area contributed by atoms with E-state index >= 15 is 0 Å². The van der Waals surface area contributed by atoms with Crippen LogP contribution in [-0.4, -0.2) is 10.5 Å². The number of carbonyl (C=O) groups is 1. The second-order valence-electron chi connectivity index (χ2n) is 6.66. The van der Waals surface area contributed by atoms with Gasteiger partial charge >= 0.3 is 0 Å². The standard InChI is InChI=1S/C23H18BrFN2O/c24-18-7-11-20(12-8-18)26-23(28)13-17-15-27(22-4-2-1-3-21(17)22)14-16-5-9-19(25)10-6-16/h1-12,15H,13-14H2,(H,26,28). The number of hydrogen-bond acceptors (Lipinski definition) is 1. The number of carbonyl (C=O) groups excluding carboxylic acids is 1. The highest BCUT2D eigenvalue weighted by molar-refractivity contribution is 9.10. The predicted octanol–water partition coefficient (Wildman–Crippen LogP) is 5.77. The summed E-state index contributed by atoms with van der Waals surface area (Å²) in [5, 5.41) is 3.99. The zero-order valence-corrected chi connectivity index (χ0v) is 16.6. The highest BCUT2D eigenvalue weighted by atomic mass is 79.9. The van der Waals surface area contributed by atoms with Gasteiger partial charge in [0.15, 0.2) is 0 Å². The van der Waals surface area contributed by atoms with Gasteiger partial charge in [0.2, 0.25) is 5.91 Å². The van der Waals surface area contributed by atoms with Crippen molar-refractivity contribution in [1.82, 2.24) is 4.57 Å². The minimum Gasteiger partial charge on any atom is -0.343 e. The molecule has 0 spiro atoms. The molecule has 1 aromatic heterocycles. The third-order valence-corrected chi connectivity index (χ3v) is 5.14. The van der Waals surface area contributed by atoms with Crippen LogP contribution in [0.1, 0.15) is 11.1 Å². The summed E-state index contributed by atoms with van der Waals surface area (Å²) >= 11 is 3.39. The fourth-order valence-corrected chi connectivity index (χ4v) is 3.56. The van der Waals surface area contributed by atoms with Crippen LogP contribution < -0.4 is 5.32 Å². The van der Waals surface area contributed by atoms with Gasteiger partial charge in [-0.2, -0.15) is 0 Å². The quantitative estimate of drug-likeness (QED) is 0.423. The molecule has 3 aromatic carbocycles. The van der Waals surface area contributed by atoms with Crippen molar-refractivity contribution in [2.75, 3.05) is 5.32 Å². The molecule has 0 atom stereocenters. The number of halogens is 2. The van der Waals surface area contributed by atoms with Gasteiger partial charge in [-0.3, -0.25) is 4.79 Å². The number of amides is 1. The van der Waals surface area contributed by atoms with E-state index in [1.165, 1.54) is 12.1 Å². The second-order valence-corrected chi connectivity index (χ2v) is 7.57. The van der Waals surface area contributed by atoms with Gasteiger partial charge in [0.25, 0.3) is 0 Å². The zero-order chi connectivity index (χ0) is 19.5. The molecule has 1 amide bonds. The predicted molar refractivity (Wildman–Crippen MR) is 114 cm³/mol. The molecule has 1 N–H and O–H groups in total. The molecule has 5 heteroatoms. The lowest BCUT2D eigenvalue weighted by Crippen LogP contribution is -2.14. The zero-order valence-electron chi connectivity index (χ0n) is 15.0. The second kappa shape index (κ2) is 7.98. The molecule has 0 saturated carbocycles. The third kappa shape index (κ3) is 4.15. The van der Waals surface area contributed by atoms with E-state index in [0.717, 1.165) is 32.2 Å². The summed E-state index contributed by atoms with van der Waals surface area (Å²) in [6, 6.07) is 22.0. The van der Waals surface area contributed by atoms with E-state index in [1.54, 1.807) is 12.1 Å². The van der Waals surface area contributed by atoms with Crippen LogP contribution in [0, 0.1) is 5.82 Å². The van der Waals surface area contributed by atoms with Crippen molar-refractivity contribution in [3.05, 3.63) is 100 Å². The highest BCUT2D eigenvalue weighted by Gasteiger charge is 2.12. The highest BCUT2D eigenvalue weighted by Crippen LogP contribution is 2.23. The van der Waals surface area contributed by atoms with Crippen LogP contribution in [0.4, 0.5) is 10.1 Å². The molecule has 3 nitrogen and oxygen atoms in total. The fourth-order valence-electron chi connectivity index (χ4n) is 3.29. The van der Waals surface area contributed by atoms with Gasteiger partial charge in [0.1, 0.15) is 5.82 Å². The van der Waals surface area contributed by atoms with Crippen LogP contribution in [0.2, 0.25) is 0 Å². The van der Waals surface area contributed by atoms with E-state index in [-0.39, 0.29) is 18.1 Å². The Hall–Kier alpha value is -2.92. The van der Waals surface area contributed by atoms with Gasteiger partial charge in [0.05, 0.1) is 6.42 Å². The molecular formula is C23H18BrFN2O. The van der Waals surface area contributed by atoms with Crippen molar-refractivity contribution in [2.24, 2.45) is 0 Å². The number of rotatable bonds is 5. The Morgan fingerprint density at radius 1 is 0.964 bits per heavy atom. The van der Waals surface area contributed by atoms with E-state index in [1.807, 2.05) is 54.7 Å². The SMILES string of the molecule is O=C(Cc1cn(Cc2ccc(F)cc2)c2ccccc12)Nc1ccc(Br)cc1. The van der Waals surface area contributed by atoms with Crippen molar-refractivity contribution < 1.29 is 9.18 Å². The summed E-state index contributed by atoms with van der Waals surface area (Å²) in [7, 11) is 0. The van der Waals surface area contributed by atoms with Gasteiger partial charge in [0, 0.05) is 33.8 Å². The molecule has 4 rings (SSSR count). The molecule has 0 saturated heterocycles. The van der Waals surface area contributed by atoms with Crippen molar-refractivity contribution >= 4 is 38.4 Å². The summed E-state index contributed by atoms with van der Waals surface area (Å²) in [5.41, 5.74) is 3.79. The number of aromatic nitrogens is 1. The lowest BCUT2D eigenvalue weighted by molar-refractivity contribution is -0.115. The van der Waals surface area contributed by atoms with Gasteiger partial charge in [-0.05, 0) is 53.6 Å². The first-order chi connectivity index (χ1) is 13.6. The summed E-state index contributed by atoms with van der Waals surface area (Å²) < 4.78 is 16.2. The molecule has 0 aliphatic carbocycles. The lowest BCUT2D eigenvalue weighted by Gasteiger charge is -2.05. The summed E-state index contributed by atoms with van der Waals surface area (Å²) in [4.78, 5) is 12.5. The van der Waals surface area contributed by atoms with Gasteiger partial charge < -0.3 is 9.88 Å². The first-order valence-corrected chi connectivity index (χ1v) is 9.74. The van der Waals surface area contributed by atoms with Crippen LogP contribution in [0.5, 0.6) is 0 Å². The number of para-hydroxylation sites is 1. The van der Waals surface area contributed by atoms with Gasteiger partial charge in [-0.25, -0.2) is 4.39 Å². The molecule has 0 fully saturated rings. The van der Waals surface area contributed by atoms with E-state index in [0.29, 0.717) is 6.54 Å². The largest absolute Gasteiger partial charge is 0.343 e. The molecule has 140 valence electrons. The Kier molecular flexibility index (Phi) is 5.26. The molecule has 0 aliphatic heterocycles. The number of anilines is 1. The number of nitrogens with zero attached hydrogens (tertiary/aromatic N) is 1. The fraction of sp³-hybridized carbons (Fsp3) is 0.0870. The average Bonchev–Trinajstić information content (AvgIpc) is 3.03. The number of benzene rings is 3. The van der Waals surface area contributed by atoms with E-state index < -0.39 is 0 Å².